The van der Waals surface area contributed by atoms with Crippen molar-refractivity contribution >= 4 is 16.0 Å². The second-order valence-corrected chi connectivity index (χ2v) is 7.76. The minimum Gasteiger partial charge on any atom is -0.466 e. The topological polar surface area (TPSA) is 63.7 Å². The average molecular weight is 339 g/mol. The van der Waals surface area contributed by atoms with Gasteiger partial charge in [-0.25, -0.2) is 8.42 Å². The first-order valence-corrected chi connectivity index (χ1v) is 9.68. The number of benzene rings is 1. The summed E-state index contributed by atoms with van der Waals surface area (Å²) in [5, 5.41) is 0. The predicted molar refractivity (Wildman–Crippen MR) is 88.6 cm³/mol. The lowest BCUT2D eigenvalue weighted by molar-refractivity contribution is -0.149. The summed E-state index contributed by atoms with van der Waals surface area (Å²) in [4.78, 5) is 12.1. The SMILES string of the molecule is CCCc1ccc(S(=O)(=O)N2CCC(C(=O)OCC)CC2)cc1. The Kier molecular flexibility index (Phi) is 6.18. The highest BCUT2D eigenvalue weighted by Gasteiger charge is 2.32. The summed E-state index contributed by atoms with van der Waals surface area (Å²) in [7, 11) is -3.47. The Balaban J connectivity index is 2.02. The Morgan fingerprint density at radius 2 is 1.78 bits per heavy atom. The van der Waals surface area contributed by atoms with E-state index in [2.05, 4.69) is 6.92 Å². The molecular weight excluding hydrogens is 314 g/mol. The number of rotatable bonds is 6. The Bertz CT molecular complexity index is 616. The molecule has 1 aliphatic rings. The number of hydrogen-bond donors (Lipinski definition) is 0. The van der Waals surface area contributed by atoms with E-state index in [4.69, 9.17) is 4.74 Å². The van der Waals surface area contributed by atoms with Crippen LogP contribution in [-0.2, 0) is 26.0 Å². The first-order chi connectivity index (χ1) is 11.0. The summed E-state index contributed by atoms with van der Waals surface area (Å²) >= 11 is 0. The van der Waals surface area contributed by atoms with E-state index in [0.717, 1.165) is 18.4 Å². The number of hydrogen-bond acceptors (Lipinski definition) is 4. The first kappa shape index (κ1) is 17.9. The molecule has 5 nitrogen and oxygen atoms in total. The lowest BCUT2D eigenvalue weighted by Gasteiger charge is -2.30. The Hall–Kier alpha value is -1.40. The van der Waals surface area contributed by atoms with Gasteiger partial charge in [-0.1, -0.05) is 25.5 Å². The first-order valence-electron chi connectivity index (χ1n) is 8.24. The van der Waals surface area contributed by atoms with Crippen molar-refractivity contribution in [3.05, 3.63) is 29.8 Å². The third kappa shape index (κ3) is 4.32. The fourth-order valence-corrected chi connectivity index (χ4v) is 4.33. The Morgan fingerprint density at radius 1 is 1.17 bits per heavy atom. The van der Waals surface area contributed by atoms with Crippen molar-refractivity contribution < 1.29 is 17.9 Å². The molecule has 0 aromatic heterocycles. The molecule has 0 N–H and O–H groups in total. The van der Waals surface area contributed by atoms with Crippen LogP contribution in [0.5, 0.6) is 0 Å². The van der Waals surface area contributed by atoms with E-state index < -0.39 is 10.0 Å². The van der Waals surface area contributed by atoms with Crippen molar-refractivity contribution in [1.82, 2.24) is 4.31 Å². The van der Waals surface area contributed by atoms with Gasteiger partial charge in [0.05, 0.1) is 17.4 Å². The van der Waals surface area contributed by atoms with Crippen molar-refractivity contribution in [1.29, 1.82) is 0 Å². The Labute approximate surface area is 138 Å². The normalized spacial score (nSPS) is 17.1. The number of nitrogens with zero attached hydrogens (tertiary/aromatic N) is 1. The number of ether oxygens (including phenoxy) is 1. The molecule has 1 fully saturated rings. The second kappa shape index (κ2) is 7.93. The van der Waals surface area contributed by atoms with Gasteiger partial charge < -0.3 is 4.74 Å². The van der Waals surface area contributed by atoms with Crippen LogP contribution in [0, 0.1) is 5.92 Å². The molecule has 1 saturated heterocycles. The van der Waals surface area contributed by atoms with E-state index in [1.54, 1.807) is 19.1 Å². The average Bonchev–Trinajstić information content (AvgIpc) is 2.56. The van der Waals surface area contributed by atoms with Gasteiger partial charge in [-0.15, -0.1) is 0 Å². The predicted octanol–water partition coefficient (Wildman–Crippen LogP) is 2.60. The summed E-state index contributed by atoms with van der Waals surface area (Å²) in [6, 6.07) is 7.11. The van der Waals surface area contributed by atoms with Crippen LogP contribution in [0.1, 0.15) is 38.7 Å². The molecule has 2 rings (SSSR count). The molecule has 0 aliphatic carbocycles. The molecular formula is C17H25NO4S. The van der Waals surface area contributed by atoms with Gasteiger partial charge in [-0.2, -0.15) is 4.31 Å². The fourth-order valence-electron chi connectivity index (χ4n) is 2.86. The van der Waals surface area contributed by atoms with Gasteiger partial charge in [0.15, 0.2) is 0 Å². The molecule has 0 amide bonds. The quantitative estimate of drug-likeness (QED) is 0.747. The number of carbonyl (C=O) groups excluding carboxylic acids is 1. The molecule has 0 unspecified atom stereocenters. The third-order valence-corrected chi connectivity index (χ3v) is 6.09. The largest absolute Gasteiger partial charge is 0.466 e. The zero-order valence-corrected chi connectivity index (χ0v) is 14.6. The molecule has 1 heterocycles. The van der Waals surface area contributed by atoms with Crippen LogP contribution < -0.4 is 0 Å². The van der Waals surface area contributed by atoms with Crippen LogP contribution in [0.4, 0.5) is 0 Å². The van der Waals surface area contributed by atoms with Crippen LogP contribution in [0.25, 0.3) is 0 Å². The smallest absolute Gasteiger partial charge is 0.309 e. The maximum atomic E-state index is 12.7. The molecule has 0 radical (unpaired) electrons. The van der Waals surface area contributed by atoms with Crippen molar-refractivity contribution in [2.75, 3.05) is 19.7 Å². The van der Waals surface area contributed by atoms with E-state index in [0.29, 0.717) is 37.4 Å². The van der Waals surface area contributed by atoms with E-state index in [1.807, 2.05) is 12.1 Å². The third-order valence-electron chi connectivity index (χ3n) is 4.17. The number of piperidine rings is 1. The standard InChI is InChI=1S/C17H25NO4S/c1-3-5-14-6-8-16(9-7-14)23(20,21)18-12-10-15(11-13-18)17(19)22-4-2/h6-9,15H,3-5,10-13H2,1-2H3. The van der Waals surface area contributed by atoms with Gasteiger partial charge in [0.1, 0.15) is 0 Å². The lowest BCUT2D eigenvalue weighted by Crippen LogP contribution is -2.40. The number of carbonyl (C=O) groups is 1. The molecule has 0 atom stereocenters. The van der Waals surface area contributed by atoms with E-state index >= 15 is 0 Å². The molecule has 0 saturated carbocycles. The minimum atomic E-state index is -3.47. The highest BCUT2D eigenvalue weighted by atomic mass is 32.2. The highest BCUT2D eigenvalue weighted by molar-refractivity contribution is 7.89. The summed E-state index contributed by atoms with van der Waals surface area (Å²) in [6.45, 7) is 4.96. The zero-order chi connectivity index (χ0) is 16.9. The molecule has 0 spiro atoms. The highest BCUT2D eigenvalue weighted by Crippen LogP contribution is 2.25. The van der Waals surface area contributed by atoms with Crippen LogP contribution in [0.15, 0.2) is 29.2 Å². The molecule has 128 valence electrons. The molecule has 23 heavy (non-hydrogen) atoms. The van der Waals surface area contributed by atoms with Crippen LogP contribution in [0.2, 0.25) is 0 Å². The monoisotopic (exact) mass is 339 g/mol. The van der Waals surface area contributed by atoms with Crippen molar-refractivity contribution in [3.8, 4) is 0 Å². The van der Waals surface area contributed by atoms with E-state index in [-0.39, 0.29) is 11.9 Å². The lowest BCUT2D eigenvalue weighted by atomic mass is 9.98. The van der Waals surface area contributed by atoms with Gasteiger partial charge >= 0.3 is 5.97 Å². The van der Waals surface area contributed by atoms with Gasteiger partial charge in [0.2, 0.25) is 10.0 Å². The van der Waals surface area contributed by atoms with Crippen LogP contribution in [-0.4, -0.2) is 38.4 Å². The van der Waals surface area contributed by atoms with E-state index in [1.165, 1.54) is 4.31 Å². The second-order valence-electron chi connectivity index (χ2n) is 5.82. The maximum absolute atomic E-state index is 12.7. The number of aryl methyl sites for hydroxylation is 1. The Morgan fingerprint density at radius 3 is 2.30 bits per heavy atom. The summed E-state index contributed by atoms with van der Waals surface area (Å²) in [6.07, 6.45) is 3.02. The molecule has 6 heteroatoms. The summed E-state index contributed by atoms with van der Waals surface area (Å²) < 4.78 is 31.8. The number of esters is 1. The van der Waals surface area contributed by atoms with Crippen molar-refractivity contribution in [2.45, 2.75) is 44.4 Å². The fraction of sp³-hybridized carbons (Fsp3) is 0.588. The number of sulfonamides is 1. The molecule has 1 aromatic rings. The molecule has 1 aliphatic heterocycles. The summed E-state index contributed by atoms with van der Waals surface area (Å²) in [5.41, 5.74) is 1.15. The van der Waals surface area contributed by atoms with Crippen LogP contribution in [0.3, 0.4) is 0 Å². The van der Waals surface area contributed by atoms with Gasteiger partial charge in [-0.3, -0.25) is 4.79 Å². The minimum absolute atomic E-state index is 0.187. The van der Waals surface area contributed by atoms with Crippen molar-refractivity contribution in [3.63, 3.8) is 0 Å². The molecule has 0 bridgehead atoms. The maximum Gasteiger partial charge on any atom is 0.309 e. The summed E-state index contributed by atoms with van der Waals surface area (Å²) in [5.74, 6) is -0.401. The molecule has 1 aromatic carbocycles. The van der Waals surface area contributed by atoms with E-state index in [9.17, 15) is 13.2 Å². The van der Waals surface area contributed by atoms with Gasteiger partial charge in [-0.05, 0) is 43.9 Å². The van der Waals surface area contributed by atoms with Crippen molar-refractivity contribution in [2.24, 2.45) is 5.92 Å². The van der Waals surface area contributed by atoms with Gasteiger partial charge in [0, 0.05) is 13.1 Å². The van der Waals surface area contributed by atoms with Crippen LogP contribution >= 0.6 is 0 Å². The zero-order valence-electron chi connectivity index (χ0n) is 13.8. The van der Waals surface area contributed by atoms with Gasteiger partial charge in [0.25, 0.3) is 0 Å².